The van der Waals surface area contributed by atoms with Gasteiger partial charge in [0.2, 0.25) is 0 Å². The van der Waals surface area contributed by atoms with Gasteiger partial charge in [0.1, 0.15) is 0 Å². The second kappa shape index (κ2) is 6.95. The summed E-state index contributed by atoms with van der Waals surface area (Å²) in [5.74, 6) is 1.73. The van der Waals surface area contributed by atoms with E-state index in [0.29, 0.717) is 11.9 Å². The van der Waals surface area contributed by atoms with E-state index in [2.05, 4.69) is 6.92 Å². The van der Waals surface area contributed by atoms with Crippen LogP contribution in [0.1, 0.15) is 35.7 Å². The summed E-state index contributed by atoms with van der Waals surface area (Å²) in [5, 5.41) is 0. The van der Waals surface area contributed by atoms with E-state index in [-0.39, 0.29) is 5.78 Å². The second-order valence-corrected chi connectivity index (χ2v) is 5.65. The average molecular weight is 264 g/mol. The quantitative estimate of drug-likeness (QED) is 0.737. The Morgan fingerprint density at radius 3 is 2.78 bits per heavy atom. The molecule has 1 atom stereocenters. The summed E-state index contributed by atoms with van der Waals surface area (Å²) in [7, 11) is 0. The molecule has 1 unspecified atom stereocenters. The molecular formula is C15H20O2S. The molecule has 0 aromatic heterocycles. The Bertz CT molecular complexity index is 380. The molecule has 0 spiro atoms. The van der Waals surface area contributed by atoms with E-state index in [9.17, 15) is 4.79 Å². The van der Waals surface area contributed by atoms with Crippen molar-refractivity contribution in [3.8, 4) is 0 Å². The molecule has 0 bridgehead atoms. The molecule has 98 valence electrons. The van der Waals surface area contributed by atoms with Crippen molar-refractivity contribution < 1.29 is 9.53 Å². The lowest BCUT2D eigenvalue weighted by Gasteiger charge is -2.08. The molecule has 0 radical (unpaired) electrons. The van der Waals surface area contributed by atoms with Gasteiger partial charge in [-0.1, -0.05) is 31.2 Å². The van der Waals surface area contributed by atoms with Crippen molar-refractivity contribution in [3.63, 3.8) is 0 Å². The molecule has 1 aliphatic rings. The molecule has 1 heterocycles. The highest BCUT2D eigenvalue weighted by atomic mass is 32.2. The lowest BCUT2D eigenvalue weighted by Crippen LogP contribution is -2.11. The van der Waals surface area contributed by atoms with Gasteiger partial charge in [0, 0.05) is 17.9 Å². The number of carbonyl (C=O) groups excluding carboxylic acids is 1. The van der Waals surface area contributed by atoms with Crippen LogP contribution in [0.4, 0.5) is 0 Å². The van der Waals surface area contributed by atoms with E-state index < -0.39 is 0 Å². The number of carbonyl (C=O) groups is 1. The van der Waals surface area contributed by atoms with Crippen LogP contribution in [0.2, 0.25) is 0 Å². The smallest absolute Gasteiger partial charge is 0.172 e. The molecule has 1 aromatic rings. The highest BCUT2D eigenvalue weighted by Crippen LogP contribution is 2.18. The summed E-state index contributed by atoms with van der Waals surface area (Å²) in [6, 6.07) is 7.96. The predicted octanol–water partition coefficient (Wildman–Crippen LogP) is 3.34. The number of hydrogen-bond acceptors (Lipinski definition) is 3. The lowest BCUT2D eigenvalue weighted by molar-refractivity contribution is 0.102. The Morgan fingerprint density at radius 2 is 2.17 bits per heavy atom. The van der Waals surface area contributed by atoms with E-state index in [0.717, 1.165) is 37.2 Å². The summed E-state index contributed by atoms with van der Waals surface area (Å²) >= 11 is 1.69. The third-order valence-corrected chi connectivity index (χ3v) is 4.32. The number of benzene rings is 1. The van der Waals surface area contributed by atoms with Crippen LogP contribution in [0.15, 0.2) is 24.3 Å². The Morgan fingerprint density at radius 1 is 1.39 bits per heavy atom. The highest BCUT2D eigenvalue weighted by molar-refractivity contribution is 8.00. The normalized spacial score (nSPS) is 19.1. The van der Waals surface area contributed by atoms with Gasteiger partial charge in [-0.05, 0) is 24.8 Å². The van der Waals surface area contributed by atoms with Gasteiger partial charge in [-0.2, -0.15) is 11.8 Å². The molecule has 0 amide bonds. The molecule has 0 aliphatic carbocycles. The number of aryl methyl sites for hydroxylation is 1. The Hall–Kier alpha value is -0.800. The van der Waals surface area contributed by atoms with Gasteiger partial charge in [-0.3, -0.25) is 4.79 Å². The topological polar surface area (TPSA) is 26.3 Å². The molecule has 1 fully saturated rings. The number of hydrogen-bond donors (Lipinski definition) is 0. The van der Waals surface area contributed by atoms with Crippen molar-refractivity contribution in [1.29, 1.82) is 0 Å². The van der Waals surface area contributed by atoms with Crippen LogP contribution < -0.4 is 0 Å². The van der Waals surface area contributed by atoms with Crippen molar-refractivity contribution in [2.75, 3.05) is 18.1 Å². The number of ether oxygens (including phenoxy) is 1. The first-order valence-electron chi connectivity index (χ1n) is 6.61. The fraction of sp³-hybridized carbons (Fsp3) is 0.533. The molecule has 2 rings (SSSR count). The summed E-state index contributed by atoms with van der Waals surface area (Å²) in [6.45, 7) is 3.01. The van der Waals surface area contributed by atoms with Gasteiger partial charge in [0.05, 0.1) is 11.9 Å². The fourth-order valence-corrected chi connectivity index (χ4v) is 3.06. The van der Waals surface area contributed by atoms with E-state index in [1.165, 1.54) is 5.56 Å². The minimum Gasteiger partial charge on any atom is -0.377 e. The Balaban J connectivity index is 1.76. The molecule has 18 heavy (non-hydrogen) atoms. The molecule has 0 saturated carbocycles. The zero-order chi connectivity index (χ0) is 12.8. The summed E-state index contributed by atoms with van der Waals surface area (Å²) in [4.78, 5) is 12.0. The highest BCUT2D eigenvalue weighted by Gasteiger charge is 2.16. The van der Waals surface area contributed by atoms with Crippen molar-refractivity contribution in [2.24, 2.45) is 0 Å². The van der Waals surface area contributed by atoms with E-state index in [4.69, 9.17) is 4.74 Å². The number of Topliss-reactive ketones (excluding diaryl/α,β-unsaturated/α-hetero) is 1. The van der Waals surface area contributed by atoms with Gasteiger partial charge in [-0.25, -0.2) is 0 Å². The summed E-state index contributed by atoms with van der Waals surface area (Å²) in [6.07, 6.45) is 3.69. The van der Waals surface area contributed by atoms with Crippen molar-refractivity contribution in [1.82, 2.24) is 0 Å². The van der Waals surface area contributed by atoms with Gasteiger partial charge in [0.15, 0.2) is 5.78 Å². The van der Waals surface area contributed by atoms with Gasteiger partial charge < -0.3 is 4.74 Å². The fourth-order valence-electron chi connectivity index (χ4n) is 2.07. The van der Waals surface area contributed by atoms with Crippen LogP contribution in [0.25, 0.3) is 0 Å². The van der Waals surface area contributed by atoms with Gasteiger partial charge >= 0.3 is 0 Å². The standard InChI is InChI=1S/C15H20O2S/c1-2-12-5-7-13(8-6-12)15(16)11-18-10-14-4-3-9-17-14/h5-8,14H,2-4,9-11H2,1H3. The van der Waals surface area contributed by atoms with Crippen molar-refractivity contribution in [2.45, 2.75) is 32.3 Å². The monoisotopic (exact) mass is 264 g/mol. The maximum absolute atomic E-state index is 12.0. The molecule has 2 nitrogen and oxygen atoms in total. The maximum atomic E-state index is 12.0. The van der Waals surface area contributed by atoms with E-state index in [1.807, 2.05) is 24.3 Å². The molecule has 1 aromatic carbocycles. The Kier molecular flexibility index (Phi) is 5.26. The summed E-state index contributed by atoms with van der Waals surface area (Å²) in [5.41, 5.74) is 2.10. The van der Waals surface area contributed by atoms with Crippen LogP contribution in [0.5, 0.6) is 0 Å². The third kappa shape index (κ3) is 3.85. The second-order valence-electron chi connectivity index (χ2n) is 4.62. The first-order valence-corrected chi connectivity index (χ1v) is 7.76. The van der Waals surface area contributed by atoms with Crippen LogP contribution in [0, 0.1) is 0 Å². The van der Waals surface area contributed by atoms with Gasteiger partial charge in [0.25, 0.3) is 0 Å². The minimum atomic E-state index is 0.223. The largest absolute Gasteiger partial charge is 0.377 e. The van der Waals surface area contributed by atoms with Gasteiger partial charge in [-0.15, -0.1) is 0 Å². The van der Waals surface area contributed by atoms with E-state index in [1.54, 1.807) is 11.8 Å². The van der Waals surface area contributed by atoms with Crippen LogP contribution >= 0.6 is 11.8 Å². The zero-order valence-corrected chi connectivity index (χ0v) is 11.7. The molecule has 1 saturated heterocycles. The SMILES string of the molecule is CCc1ccc(C(=O)CSCC2CCCO2)cc1. The molecule has 1 aliphatic heterocycles. The van der Waals surface area contributed by atoms with Crippen molar-refractivity contribution in [3.05, 3.63) is 35.4 Å². The molecular weight excluding hydrogens is 244 g/mol. The Labute approximate surface area is 113 Å². The lowest BCUT2D eigenvalue weighted by atomic mass is 10.1. The first kappa shape index (κ1) is 13.6. The predicted molar refractivity (Wildman–Crippen MR) is 76.4 cm³/mol. The summed E-state index contributed by atoms with van der Waals surface area (Å²) < 4.78 is 5.54. The average Bonchev–Trinajstić information content (AvgIpc) is 2.92. The van der Waals surface area contributed by atoms with Crippen LogP contribution in [-0.2, 0) is 11.2 Å². The zero-order valence-electron chi connectivity index (χ0n) is 10.9. The molecule has 3 heteroatoms. The number of rotatable bonds is 6. The number of ketones is 1. The van der Waals surface area contributed by atoms with Crippen molar-refractivity contribution >= 4 is 17.5 Å². The number of thioether (sulfide) groups is 1. The maximum Gasteiger partial charge on any atom is 0.172 e. The molecule has 0 N–H and O–H groups in total. The van der Waals surface area contributed by atoms with Crippen LogP contribution in [0.3, 0.4) is 0 Å². The minimum absolute atomic E-state index is 0.223. The first-order chi connectivity index (χ1) is 8.79. The third-order valence-electron chi connectivity index (χ3n) is 3.25. The van der Waals surface area contributed by atoms with Crippen LogP contribution in [-0.4, -0.2) is 30.0 Å². The van der Waals surface area contributed by atoms with E-state index >= 15 is 0 Å².